The second-order valence-electron chi connectivity index (χ2n) is 6.43. The molecule has 88 valence electrons. The Morgan fingerprint density at radius 2 is 1.76 bits per heavy atom. The molecule has 0 saturated heterocycles. The van der Waals surface area contributed by atoms with Crippen LogP contribution in [0.1, 0.15) is 44.1 Å². The molecule has 4 aliphatic carbocycles. The highest BCUT2D eigenvalue weighted by Crippen LogP contribution is 2.58. The molecule has 0 N–H and O–H groups in total. The summed E-state index contributed by atoms with van der Waals surface area (Å²) in [5, 5.41) is 13.4. The van der Waals surface area contributed by atoms with Gasteiger partial charge in [-0.1, -0.05) is 0 Å². The van der Waals surface area contributed by atoms with Crippen molar-refractivity contribution in [3.05, 3.63) is 18.0 Å². The molecule has 5 rings (SSSR count). The van der Waals surface area contributed by atoms with E-state index in [4.69, 9.17) is 5.26 Å². The smallest absolute Gasteiger partial charge is 0.102 e. The average Bonchev–Trinajstić information content (AvgIpc) is 2.76. The predicted molar refractivity (Wildman–Crippen MR) is 63.1 cm³/mol. The third-order valence-corrected chi connectivity index (χ3v) is 5.20. The fourth-order valence-electron chi connectivity index (χ4n) is 4.99. The Morgan fingerprint density at radius 3 is 2.24 bits per heavy atom. The lowest BCUT2D eigenvalue weighted by Crippen LogP contribution is -2.52. The summed E-state index contributed by atoms with van der Waals surface area (Å²) < 4.78 is 2.13. The number of rotatable bonds is 1. The zero-order valence-electron chi connectivity index (χ0n) is 9.97. The van der Waals surface area contributed by atoms with E-state index >= 15 is 0 Å². The lowest BCUT2D eigenvalue weighted by Gasteiger charge is -2.56. The molecule has 0 aliphatic heterocycles. The standard InChI is InChI=1S/C14H17N3/c15-7-13-8-16-17(9-13)14-4-10-1-11(5-14)3-12(2-10)6-14/h8-12H,1-6H2. The number of hydrogen-bond acceptors (Lipinski definition) is 2. The summed E-state index contributed by atoms with van der Waals surface area (Å²) in [6.07, 6.45) is 11.9. The van der Waals surface area contributed by atoms with Crippen molar-refractivity contribution in [2.75, 3.05) is 0 Å². The van der Waals surface area contributed by atoms with Gasteiger partial charge in [-0.2, -0.15) is 10.4 Å². The molecule has 0 spiro atoms. The van der Waals surface area contributed by atoms with Crippen LogP contribution in [0.4, 0.5) is 0 Å². The minimum Gasteiger partial charge on any atom is -0.265 e. The molecule has 1 heterocycles. The fourth-order valence-corrected chi connectivity index (χ4v) is 4.99. The van der Waals surface area contributed by atoms with Crippen molar-refractivity contribution in [1.29, 1.82) is 5.26 Å². The van der Waals surface area contributed by atoms with Crippen molar-refractivity contribution in [2.45, 2.75) is 44.1 Å². The average molecular weight is 227 g/mol. The van der Waals surface area contributed by atoms with Gasteiger partial charge in [0.05, 0.1) is 17.3 Å². The molecule has 4 saturated carbocycles. The van der Waals surface area contributed by atoms with E-state index in [0.29, 0.717) is 5.56 Å². The molecular formula is C14H17N3. The molecule has 0 atom stereocenters. The zero-order valence-corrected chi connectivity index (χ0v) is 9.97. The molecule has 17 heavy (non-hydrogen) atoms. The third-order valence-electron chi connectivity index (χ3n) is 5.20. The highest BCUT2D eigenvalue weighted by atomic mass is 15.3. The van der Waals surface area contributed by atoms with Crippen molar-refractivity contribution in [2.24, 2.45) is 17.8 Å². The summed E-state index contributed by atoms with van der Waals surface area (Å²) in [6, 6.07) is 2.20. The first kappa shape index (κ1) is 9.70. The summed E-state index contributed by atoms with van der Waals surface area (Å²) >= 11 is 0. The van der Waals surface area contributed by atoms with Crippen LogP contribution in [0.15, 0.2) is 12.4 Å². The van der Waals surface area contributed by atoms with Crippen molar-refractivity contribution in [3.8, 4) is 6.07 Å². The van der Waals surface area contributed by atoms with E-state index in [1.54, 1.807) is 6.20 Å². The van der Waals surface area contributed by atoms with Crippen LogP contribution in [-0.2, 0) is 5.54 Å². The number of hydrogen-bond donors (Lipinski definition) is 0. The second kappa shape index (κ2) is 3.13. The summed E-state index contributed by atoms with van der Waals surface area (Å²) in [7, 11) is 0. The van der Waals surface area contributed by atoms with Gasteiger partial charge in [-0.05, 0) is 56.3 Å². The Kier molecular flexibility index (Phi) is 1.79. The molecule has 4 bridgehead atoms. The Morgan fingerprint density at radius 1 is 1.18 bits per heavy atom. The molecule has 4 aliphatic rings. The summed E-state index contributed by atoms with van der Waals surface area (Å²) in [5.74, 6) is 2.78. The second-order valence-corrected chi connectivity index (χ2v) is 6.43. The van der Waals surface area contributed by atoms with Crippen molar-refractivity contribution < 1.29 is 0 Å². The van der Waals surface area contributed by atoms with Gasteiger partial charge in [0.2, 0.25) is 0 Å². The topological polar surface area (TPSA) is 41.6 Å². The monoisotopic (exact) mass is 227 g/mol. The number of aromatic nitrogens is 2. The van der Waals surface area contributed by atoms with Gasteiger partial charge in [0.1, 0.15) is 6.07 Å². The van der Waals surface area contributed by atoms with Gasteiger partial charge in [0.25, 0.3) is 0 Å². The molecule has 1 aromatic heterocycles. The summed E-state index contributed by atoms with van der Waals surface area (Å²) in [4.78, 5) is 0. The minimum atomic E-state index is 0.268. The van der Waals surface area contributed by atoms with Crippen LogP contribution in [0.3, 0.4) is 0 Å². The van der Waals surface area contributed by atoms with Gasteiger partial charge in [-0.25, -0.2) is 0 Å². The lowest BCUT2D eigenvalue weighted by atomic mass is 9.53. The highest BCUT2D eigenvalue weighted by molar-refractivity contribution is 5.23. The minimum absolute atomic E-state index is 0.268. The molecule has 3 heteroatoms. The van der Waals surface area contributed by atoms with Crippen LogP contribution in [0.5, 0.6) is 0 Å². The Labute approximate surface area is 101 Å². The number of nitrogens with zero attached hydrogens (tertiary/aromatic N) is 3. The molecule has 0 unspecified atom stereocenters. The van der Waals surface area contributed by atoms with Gasteiger partial charge in [0.15, 0.2) is 0 Å². The molecule has 4 fully saturated rings. The van der Waals surface area contributed by atoms with Crippen LogP contribution in [0, 0.1) is 29.1 Å². The molecule has 0 aromatic carbocycles. The maximum atomic E-state index is 8.93. The first-order valence-electron chi connectivity index (χ1n) is 6.73. The molecule has 3 nitrogen and oxygen atoms in total. The first-order valence-corrected chi connectivity index (χ1v) is 6.73. The Bertz CT molecular complexity index is 459. The van der Waals surface area contributed by atoms with Crippen molar-refractivity contribution in [3.63, 3.8) is 0 Å². The first-order chi connectivity index (χ1) is 8.27. The van der Waals surface area contributed by atoms with E-state index in [9.17, 15) is 0 Å². The van der Waals surface area contributed by atoms with Crippen LogP contribution in [0.2, 0.25) is 0 Å². The maximum absolute atomic E-state index is 8.93. The highest BCUT2D eigenvalue weighted by Gasteiger charge is 2.52. The predicted octanol–water partition coefficient (Wildman–Crippen LogP) is 2.68. The SMILES string of the molecule is N#Cc1cnn(C23CC4CC(CC(C4)C2)C3)c1. The van der Waals surface area contributed by atoms with E-state index in [-0.39, 0.29) is 5.54 Å². The summed E-state index contributed by atoms with van der Waals surface area (Å²) in [5.41, 5.74) is 0.977. The molecule has 0 amide bonds. The van der Waals surface area contributed by atoms with E-state index in [0.717, 1.165) is 17.8 Å². The van der Waals surface area contributed by atoms with Gasteiger partial charge in [-0.3, -0.25) is 4.68 Å². The quantitative estimate of drug-likeness (QED) is 0.740. The van der Waals surface area contributed by atoms with Gasteiger partial charge < -0.3 is 0 Å². The van der Waals surface area contributed by atoms with Crippen molar-refractivity contribution in [1.82, 2.24) is 9.78 Å². The van der Waals surface area contributed by atoms with Crippen LogP contribution >= 0.6 is 0 Å². The fraction of sp³-hybridized carbons (Fsp3) is 0.714. The molecule has 1 aromatic rings. The van der Waals surface area contributed by atoms with E-state index in [1.807, 2.05) is 6.20 Å². The molecule has 0 radical (unpaired) electrons. The maximum Gasteiger partial charge on any atom is 0.102 e. The van der Waals surface area contributed by atoms with E-state index < -0.39 is 0 Å². The zero-order chi connectivity index (χ0) is 11.5. The van der Waals surface area contributed by atoms with Crippen LogP contribution in [-0.4, -0.2) is 9.78 Å². The van der Waals surface area contributed by atoms with Gasteiger partial charge in [-0.15, -0.1) is 0 Å². The van der Waals surface area contributed by atoms with E-state index in [1.165, 1.54) is 38.5 Å². The van der Waals surface area contributed by atoms with Crippen LogP contribution < -0.4 is 0 Å². The Hall–Kier alpha value is -1.30. The van der Waals surface area contributed by atoms with Gasteiger partial charge >= 0.3 is 0 Å². The van der Waals surface area contributed by atoms with Gasteiger partial charge in [0, 0.05) is 6.20 Å². The lowest BCUT2D eigenvalue weighted by molar-refractivity contribution is -0.0494. The summed E-state index contributed by atoms with van der Waals surface area (Å²) in [6.45, 7) is 0. The van der Waals surface area contributed by atoms with E-state index in [2.05, 4.69) is 15.8 Å². The van der Waals surface area contributed by atoms with Crippen molar-refractivity contribution >= 4 is 0 Å². The van der Waals surface area contributed by atoms with Crippen LogP contribution in [0.25, 0.3) is 0 Å². The normalized spacial score (nSPS) is 42.6. The molecular weight excluding hydrogens is 210 g/mol. The number of nitriles is 1. The third kappa shape index (κ3) is 1.30. The Balaban J connectivity index is 1.75. The largest absolute Gasteiger partial charge is 0.265 e.